The van der Waals surface area contributed by atoms with E-state index >= 15 is 0 Å². The van der Waals surface area contributed by atoms with Gasteiger partial charge < -0.3 is 24.9 Å². The van der Waals surface area contributed by atoms with E-state index in [1.54, 1.807) is 0 Å². The van der Waals surface area contributed by atoms with E-state index in [2.05, 4.69) is 28.8 Å². The minimum absolute atomic E-state index is 0.0246. The quantitative estimate of drug-likeness (QED) is 0.606. The Balaban J connectivity index is 1.37. The number of allylic oxidation sites excluding steroid dienone is 2. The third kappa shape index (κ3) is 6.26. The van der Waals surface area contributed by atoms with Crippen LogP contribution in [-0.4, -0.2) is 61.3 Å². The second-order valence-electron chi connectivity index (χ2n) is 11.1. The fraction of sp³-hybridized carbons (Fsp3) is 0.923. The van der Waals surface area contributed by atoms with Crippen molar-refractivity contribution >= 4 is 0 Å². The Morgan fingerprint density at radius 2 is 1.78 bits per heavy atom. The first kappa shape index (κ1) is 24.5. The highest BCUT2D eigenvalue weighted by molar-refractivity contribution is 5.06. The topological polar surface area (TPSA) is 66.0 Å². The maximum Gasteiger partial charge on any atom is 0.185 e. The summed E-state index contributed by atoms with van der Waals surface area (Å²) in [6.45, 7) is 2.80. The molecule has 4 aliphatic rings. The van der Waals surface area contributed by atoms with Crippen LogP contribution < -0.4 is 10.9 Å². The van der Waals surface area contributed by atoms with Gasteiger partial charge in [0.05, 0.1) is 12.2 Å². The highest BCUT2D eigenvalue weighted by Crippen LogP contribution is 2.46. The molecule has 184 valence electrons. The van der Waals surface area contributed by atoms with Crippen LogP contribution in [0.1, 0.15) is 84.0 Å². The number of hydrogen-bond acceptors (Lipinski definition) is 6. The van der Waals surface area contributed by atoms with E-state index in [9.17, 15) is 5.11 Å². The predicted molar refractivity (Wildman–Crippen MR) is 128 cm³/mol. The van der Waals surface area contributed by atoms with E-state index in [1.807, 2.05) is 14.1 Å². The zero-order chi connectivity index (χ0) is 22.5. The molecule has 3 fully saturated rings. The van der Waals surface area contributed by atoms with Gasteiger partial charge in [0.15, 0.2) is 6.29 Å². The summed E-state index contributed by atoms with van der Waals surface area (Å²) in [5.41, 5.74) is 8.40. The molecule has 4 unspecified atom stereocenters. The molecule has 1 saturated carbocycles. The summed E-state index contributed by atoms with van der Waals surface area (Å²) in [5.74, 6) is 2.72. The summed E-state index contributed by atoms with van der Waals surface area (Å²) in [6.07, 6.45) is 16.4. The molecule has 6 heteroatoms. The molecule has 0 aromatic carbocycles. The molecular formula is C26H47N3O3. The zero-order valence-corrected chi connectivity index (χ0v) is 20.6. The van der Waals surface area contributed by atoms with Gasteiger partial charge in [0.25, 0.3) is 0 Å². The van der Waals surface area contributed by atoms with Crippen LogP contribution in [0.2, 0.25) is 0 Å². The molecule has 3 N–H and O–H groups in total. The number of aliphatic hydroxyl groups is 1. The Bertz CT molecular complexity index is 613. The van der Waals surface area contributed by atoms with Crippen LogP contribution >= 0.6 is 0 Å². The smallest absolute Gasteiger partial charge is 0.185 e. The number of likely N-dealkylation sites (N-methyl/N-ethyl adjacent to an activating group) is 1. The molecule has 6 nitrogen and oxygen atoms in total. The summed E-state index contributed by atoms with van der Waals surface area (Å²) in [6, 6.07) is 0.0665. The average Bonchev–Trinajstić information content (AvgIpc) is 3.01. The highest BCUT2D eigenvalue weighted by Gasteiger charge is 2.39. The number of ether oxygens (including phenoxy) is 2. The summed E-state index contributed by atoms with van der Waals surface area (Å²) in [4.78, 5) is 2.09. The van der Waals surface area contributed by atoms with Gasteiger partial charge in [-0.2, -0.15) is 0 Å². The van der Waals surface area contributed by atoms with Crippen molar-refractivity contribution in [3.05, 3.63) is 11.8 Å². The van der Waals surface area contributed by atoms with Crippen molar-refractivity contribution in [2.24, 2.45) is 17.8 Å². The van der Waals surface area contributed by atoms with E-state index in [0.717, 1.165) is 37.1 Å². The zero-order valence-electron chi connectivity index (χ0n) is 20.6. The maximum atomic E-state index is 10.9. The normalized spacial score (nSPS) is 42.0. The second-order valence-corrected chi connectivity index (χ2v) is 11.1. The molecule has 0 aromatic rings. The minimum Gasteiger partial charge on any atom is -0.386 e. The lowest BCUT2D eigenvalue weighted by molar-refractivity contribution is -0.268. The van der Waals surface area contributed by atoms with Gasteiger partial charge in [0, 0.05) is 18.3 Å². The van der Waals surface area contributed by atoms with Crippen LogP contribution in [-0.2, 0) is 9.47 Å². The molecule has 0 amide bonds. The number of nitrogens with one attached hydrogen (secondary N) is 2. The molecule has 32 heavy (non-hydrogen) atoms. The molecule has 8 atom stereocenters. The van der Waals surface area contributed by atoms with Gasteiger partial charge in [-0.3, -0.25) is 0 Å². The minimum atomic E-state index is -0.622. The lowest BCUT2D eigenvalue weighted by Gasteiger charge is -2.42. The average molecular weight is 450 g/mol. The van der Waals surface area contributed by atoms with Gasteiger partial charge in [-0.1, -0.05) is 38.2 Å². The van der Waals surface area contributed by atoms with Gasteiger partial charge >= 0.3 is 0 Å². The molecule has 4 rings (SSSR count). The number of fused-ring (bicyclic) bond motifs is 1. The fourth-order valence-electron chi connectivity index (χ4n) is 6.68. The van der Waals surface area contributed by atoms with Crippen LogP contribution in [0.5, 0.6) is 0 Å². The molecule has 2 heterocycles. The first-order valence-electron chi connectivity index (χ1n) is 13.3. The number of nitrogens with zero attached hydrogens (tertiary/aromatic N) is 1. The van der Waals surface area contributed by atoms with Crippen molar-refractivity contribution in [1.29, 1.82) is 0 Å². The third-order valence-corrected chi connectivity index (χ3v) is 8.54. The van der Waals surface area contributed by atoms with E-state index in [4.69, 9.17) is 9.47 Å². The first-order valence-corrected chi connectivity index (χ1v) is 13.3. The summed E-state index contributed by atoms with van der Waals surface area (Å²) >= 11 is 0. The van der Waals surface area contributed by atoms with E-state index in [1.165, 1.54) is 69.9 Å². The van der Waals surface area contributed by atoms with Crippen LogP contribution in [0.4, 0.5) is 0 Å². The number of hydrogen-bond donors (Lipinski definition) is 3. The molecule has 2 bridgehead atoms. The van der Waals surface area contributed by atoms with Crippen LogP contribution in [0.3, 0.4) is 0 Å². The predicted octanol–water partition coefficient (Wildman–Crippen LogP) is 3.96. The Labute approximate surface area is 195 Å². The van der Waals surface area contributed by atoms with Crippen molar-refractivity contribution < 1.29 is 14.6 Å². The maximum absolute atomic E-state index is 10.9. The highest BCUT2D eigenvalue weighted by atomic mass is 16.7. The summed E-state index contributed by atoms with van der Waals surface area (Å²) < 4.78 is 12.5. The first-order chi connectivity index (χ1) is 15.5. The monoisotopic (exact) mass is 449 g/mol. The van der Waals surface area contributed by atoms with E-state index in [0.29, 0.717) is 0 Å². The van der Waals surface area contributed by atoms with Crippen molar-refractivity contribution in [2.75, 3.05) is 20.6 Å². The molecule has 0 radical (unpaired) electrons. The van der Waals surface area contributed by atoms with E-state index < -0.39 is 12.4 Å². The van der Waals surface area contributed by atoms with Crippen LogP contribution in [0.15, 0.2) is 11.8 Å². The lowest BCUT2D eigenvalue weighted by Crippen LogP contribution is -2.55. The Morgan fingerprint density at radius 3 is 2.56 bits per heavy atom. The fourth-order valence-corrected chi connectivity index (χ4v) is 6.68. The van der Waals surface area contributed by atoms with Gasteiger partial charge in [0.1, 0.15) is 6.10 Å². The molecule has 0 spiro atoms. The molecular weight excluding hydrogens is 402 g/mol. The van der Waals surface area contributed by atoms with Crippen molar-refractivity contribution in [3.8, 4) is 0 Å². The van der Waals surface area contributed by atoms with Gasteiger partial charge in [-0.25, -0.2) is 5.43 Å². The van der Waals surface area contributed by atoms with Crippen LogP contribution in [0, 0.1) is 17.8 Å². The Morgan fingerprint density at radius 1 is 1.03 bits per heavy atom. The second kappa shape index (κ2) is 11.7. The third-order valence-electron chi connectivity index (χ3n) is 8.54. The number of hydrazine groups is 1. The van der Waals surface area contributed by atoms with Crippen molar-refractivity contribution in [2.45, 2.75) is 115 Å². The van der Waals surface area contributed by atoms with Crippen molar-refractivity contribution in [1.82, 2.24) is 15.8 Å². The summed E-state index contributed by atoms with van der Waals surface area (Å²) in [5, 5.41) is 10.9. The number of rotatable bonds is 3. The molecule has 2 aliphatic heterocycles. The number of aliphatic hydroxyl groups excluding tert-OH is 1. The van der Waals surface area contributed by atoms with Crippen LogP contribution in [0.25, 0.3) is 0 Å². The Kier molecular flexibility index (Phi) is 8.91. The molecule has 2 aliphatic carbocycles. The van der Waals surface area contributed by atoms with Gasteiger partial charge in [-0.15, -0.1) is 0 Å². The molecule has 0 aromatic heterocycles. The lowest BCUT2D eigenvalue weighted by atomic mass is 9.82. The molecule has 2 saturated heterocycles. The summed E-state index contributed by atoms with van der Waals surface area (Å²) in [7, 11) is 4.05. The SMILES string of the molecule is C[C@@H]1C[C@H](N(C)C)[C@@H](O)[C@H](OC2CCCCCCC3CCC4CCC=C(CC43)NNC2)O1. The standard InChI is InChI=1S/C26H47N3O3/c1-18-15-24(29(2)3)25(30)26(31-18)32-22-12-7-5-4-6-9-19-13-14-20-10-8-11-21(16-23(19)20)28-27-17-22/h11,18-20,22-28,30H,4-10,12-17H2,1-3H3/t18-,19?,20?,22?,23?,24+,25-,26+/m1/s1. The van der Waals surface area contributed by atoms with Gasteiger partial charge in [-0.05, 0) is 83.7 Å². The van der Waals surface area contributed by atoms with Gasteiger partial charge in [0.2, 0.25) is 0 Å². The largest absolute Gasteiger partial charge is 0.386 e. The van der Waals surface area contributed by atoms with E-state index in [-0.39, 0.29) is 18.2 Å². The van der Waals surface area contributed by atoms with Crippen molar-refractivity contribution in [3.63, 3.8) is 0 Å². The Hall–Kier alpha value is -0.660.